The molecule has 0 spiro atoms. The molecule has 1 amide bonds. The van der Waals surface area contributed by atoms with E-state index in [0.29, 0.717) is 0 Å². The molecule has 2 aliphatic rings. The largest absolute Gasteiger partial charge is 0.356 e. The van der Waals surface area contributed by atoms with Crippen LogP contribution in [0.4, 0.5) is 5.82 Å². The first-order chi connectivity index (χ1) is 12.8. The minimum Gasteiger partial charge on any atom is -0.356 e. The van der Waals surface area contributed by atoms with Gasteiger partial charge in [-0.15, -0.1) is 0 Å². The Balaban J connectivity index is 1.39. The van der Waals surface area contributed by atoms with E-state index in [0.717, 1.165) is 56.5 Å². The number of hydrogen-bond donors (Lipinski definition) is 1. The van der Waals surface area contributed by atoms with Crippen molar-refractivity contribution in [2.45, 2.75) is 32.1 Å². The van der Waals surface area contributed by atoms with Gasteiger partial charge in [-0.1, -0.05) is 30.3 Å². The van der Waals surface area contributed by atoms with Crippen molar-refractivity contribution in [2.75, 3.05) is 24.5 Å². The molecule has 1 aromatic heterocycles. The van der Waals surface area contributed by atoms with E-state index in [2.05, 4.69) is 27.3 Å². The fraction of sp³-hybridized carbons (Fsp3) is 0.476. The molecule has 1 saturated carbocycles. The second-order valence-corrected chi connectivity index (χ2v) is 7.47. The maximum Gasteiger partial charge on any atom is 0.224 e. The second kappa shape index (κ2) is 7.85. The highest BCUT2D eigenvalue weighted by Gasteiger charge is 2.28. The number of hydrogen-bond acceptors (Lipinski definition) is 4. The summed E-state index contributed by atoms with van der Waals surface area (Å²) >= 11 is 0. The van der Waals surface area contributed by atoms with E-state index in [1.807, 2.05) is 30.5 Å². The van der Waals surface area contributed by atoms with Crippen molar-refractivity contribution in [3.05, 3.63) is 54.0 Å². The highest BCUT2D eigenvalue weighted by Crippen LogP contribution is 2.28. The first-order valence-corrected chi connectivity index (χ1v) is 9.66. The first-order valence-electron chi connectivity index (χ1n) is 9.66. The van der Waals surface area contributed by atoms with Gasteiger partial charge in [0.2, 0.25) is 5.91 Å². The molecular formula is C21H26N4O. The summed E-state index contributed by atoms with van der Waals surface area (Å²) in [7, 11) is 0. The maximum absolute atomic E-state index is 12.4. The van der Waals surface area contributed by atoms with Crippen molar-refractivity contribution in [2.24, 2.45) is 11.8 Å². The van der Waals surface area contributed by atoms with Gasteiger partial charge in [-0.25, -0.2) is 9.97 Å². The van der Waals surface area contributed by atoms with E-state index in [1.54, 1.807) is 0 Å². The van der Waals surface area contributed by atoms with Gasteiger partial charge in [0.15, 0.2) is 0 Å². The molecule has 5 heteroatoms. The highest BCUT2D eigenvalue weighted by atomic mass is 16.1. The smallest absolute Gasteiger partial charge is 0.224 e. The Morgan fingerprint density at radius 3 is 2.81 bits per heavy atom. The molecule has 4 rings (SSSR count). The van der Waals surface area contributed by atoms with Crippen LogP contribution in [0.2, 0.25) is 0 Å². The number of rotatable bonds is 6. The number of carbonyl (C=O) groups excluding carboxylic acids is 1. The summed E-state index contributed by atoms with van der Waals surface area (Å²) in [6.07, 6.45) is 7.09. The standard InChI is InChI=1S/C21H26N4O/c26-21(23-14-17-8-9-17)18-7-4-12-25(15-18)20-10-11-22-19(24-20)13-16-5-2-1-3-6-16/h1-3,5-6,10-11,17-18H,4,7-9,12-15H2,(H,23,26). The molecule has 1 N–H and O–H groups in total. The Labute approximate surface area is 154 Å². The predicted molar refractivity (Wildman–Crippen MR) is 102 cm³/mol. The van der Waals surface area contributed by atoms with Crippen LogP contribution in [0.25, 0.3) is 0 Å². The third-order valence-electron chi connectivity index (χ3n) is 5.27. The summed E-state index contributed by atoms with van der Waals surface area (Å²) in [6.45, 7) is 2.55. The van der Waals surface area contributed by atoms with Gasteiger partial charge in [-0.05, 0) is 43.2 Å². The monoisotopic (exact) mass is 350 g/mol. The molecule has 1 atom stereocenters. The van der Waals surface area contributed by atoms with E-state index in [1.165, 1.54) is 18.4 Å². The molecule has 2 heterocycles. The Kier molecular flexibility index (Phi) is 5.14. The molecule has 2 aromatic rings. The van der Waals surface area contributed by atoms with E-state index >= 15 is 0 Å². The quantitative estimate of drug-likeness (QED) is 0.870. The number of nitrogens with zero attached hydrogens (tertiary/aromatic N) is 3. The molecule has 26 heavy (non-hydrogen) atoms. The van der Waals surface area contributed by atoms with E-state index in [9.17, 15) is 4.79 Å². The molecule has 1 aliphatic heterocycles. The minimum atomic E-state index is 0.0649. The molecular weight excluding hydrogens is 324 g/mol. The molecule has 0 bridgehead atoms. The molecule has 136 valence electrons. The number of aromatic nitrogens is 2. The van der Waals surface area contributed by atoms with Crippen LogP contribution in [0.15, 0.2) is 42.6 Å². The van der Waals surface area contributed by atoms with Crippen LogP contribution in [0.3, 0.4) is 0 Å². The fourth-order valence-corrected chi connectivity index (χ4v) is 3.54. The lowest BCUT2D eigenvalue weighted by Gasteiger charge is -2.33. The van der Waals surface area contributed by atoms with Crippen molar-refractivity contribution in [3.63, 3.8) is 0 Å². The molecule has 1 unspecified atom stereocenters. The maximum atomic E-state index is 12.4. The Bertz CT molecular complexity index is 745. The lowest BCUT2D eigenvalue weighted by atomic mass is 9.97. The third-order valence-corrected chi connectivity index (χ3v) is 5.27. The number of anilines is 1. The van der Waals surface area contributed by atoms with Crippen molar-refractivity contribution in [3.8, 4) is 0 Å². The summed E-state index contributed by atoms with van der Waals surface area (Å²) in [6, 6.07) is 12.2. The van der Waals surface area contributed by atoms with Crippen molar-refractivity contribution in [1.29, 1.82) is 0 Å². The topological polar surface area (TPSA) is 58.1 Å². The van der Waals surface area contributed by atoms with Crippen LogP contribution in [0.5, 0.6) is 0 Å². The first kappa shape index (κ1) is 17.0. The van der Waals surface area contributed by atoms with Gasteiger partial charge in [0.25, 0.3) is 0 Å². The van der Waals surface area contributed by atoms with E-state index < -0.39 is 0 Å². The zero-order chi connectivity index (χ0) is 17.8. The van der Waals surface area contributed by atoms with Gasteiger partial charge in [-0.3, -0.25) is 4.79 Å². The zero-order valence-corrected chi connectivity index (χ0v) is 15.1. The molecule has 1 aliphatic carbocycles. The lowest BCUT2D eigenvalue weighted by Crippen LogP contribution is -2.43. The van der Waals surface area contributed by atoms with Crippen molar-refractivity contribution in [1.82, 2.24) is 15.3 Å². The lowest BCUT2D eigenvalue weighted by molar-refractivity contribution is -0.125. The van der Waals surface area contributed by atoms with Crippen LogP contribution >= 0.6 is 0 Å². The van der Waals surface area contributed by atoms with E-state index in [4.69, 9.17) is 4.98 Å². The number of benzene rings is 1. The Morgan fingerprint density at radius 1 is 1.15 bits per heavy atom. The minimum absolute atomic E-state index is 0.0649. The summed E-state index contributed by atoms with van der Waals surface area (Å²) in [4.78, 5) is 23.9. The van der Waals surface area contributed by atoms with Gasteiger partial charge in [0.1, 0.15) is 11.6 Å². The molecule has 0 radical (unpaired) electrons. The van der Waals surface area contributed by atoms with Gasteiger partial charge in [0, 0.05) is 32.3 Å². The van der Waals surface area contributed by atoms with Crippen LogP contribution in [0.1, 0.15) is 37.1 Å². The van der Waals surface area contributed by atoms with Crippen molar-refractivity contribution < 1.29 is 4.79 Å². The van der Waals surface area contributed by atoms with Crippen LogP contribution < -0.4 is 10.2 Å². The van der Waals surface area contributed by atoms with Crippen LogP contribution in [0, 0.1) is 11.8 Å². The van der Waals surface area contributed by atoms with Crippen LogP contribution in [-0.4, -0.2) is 35.5 Å². The average Bonchev–Trinajstić information content (AvgIpc) is 3.52. The number of nitrogens with one attached hydrogen (secondary N) is 1. The normalized spacial score (nSPS) is 20.0. The number of carbonyl (C=O) groups is 1. The molecule has 1 aromatic carbocycles. The fourth-order valence-electron chi connectivity index (χ4n) is 3.54. The summed E-state index contributed by atoms with van der Waals surface area (Å²) in [5.74, 6) is 2.76. The zero-order valence-electron chi connectivity index (χ0n) is 15.1. The molecule has 5 nitrogen and oxygen atoms in total. The number of amides is 1. The van der Waals surface area contributed by atoms with Crippen LogP contribution in [-0.2, 0) is 11.2 Å². The third kappa shape index (κ3) is 4.40. The average molecular weight is 350 g/mol. The van der Waals surface area contributed by atoms with E-state index in [-0.39, 0.29) is 11.8 Å². The Morgan fingerprint density at radius 2 is 2.00 bits per heavy atom. The van der Waals surface area contributed by atoms with Gasteiger partial charge in [0.05, 0.1) is 5.92 Å². The summed E-state index contributed by atoms with van der Waals surface area (Å²) < 4.78 is 0. The van der Waals surface area contributed by atoms with Gasteiger partial charge >= 0.3 is 0 Å². The predicted octanol–water partition coefficient (Wildman–Crippen LogP) is 2.81. The SMILES string of the molecule is O=C(NCC1CC1)C1CCCN(c2ccnc(Cc3ccccc3)n2)C1. The molecule has 2 fully saturated rings. The second-order valence-electron chi connectivity index (χ2n) is 7.47. The summed E-state index contributed by atoms with van der Waals surface area (Å²) in [5.41, 5.74) is 1.21. The highest BCUT2D eigenvalue weighted by molar-refractivity contribution is 5.79. The van der Waals surface area contributed by atoms with Gasteiger partial charge in [-0.2, -0.15) is 0 Å². The Hall–Kier alpha value is -2.43. The number of piperidine rings is 1. The summed E-state index contributed by atoms with van der Waals surface area (Å²) in [5, 5.41) is 3.13. The van der Waals surface area contributed by atoms with Gasteiger partial charge < -0.3 is 10.2 Å². The molecule has 1 saturated heterocycles. The van der Waals surface area contributed by atoms with Crippen molar-refractivity contribution >= 4 is 11.7 Å².